The molecule has 0 saturated carbocycles. The predicted molar refractivity (Wildman–Crippen MR) is 323 cm³/mol. The minimum atomic E-state index is -1.52. The second kappa shape index (κ2) is 41.1. The van der Waals surface area contributed by atoms with Crippen LogP contribution in [-0.2, 0) is 54.4 Å². The van der Waals surface area contributed by atoms with Crippen LogP contribution in [0.5, 0.6) is 0 Å². The first kappa shape index (κ1) is 74.1. The molecular weight excluding hydrogens is 1100 g/mol. The van der Waals surface area contributed by atoms with Crippen molar-refractivity contribution in [2.45, 2.75) is 204 Å². The van der Waals surface area contributed by atoms with Gasteiger partial charge in [0.15, 0.2) is 5.96 Å². The lowest BCUT2D eigenvalue weighted by molar-refractivity contribution is -0.136. The molecule has 28 nitrogen and oxygen atoms in total. The smallest absolute Gasteiger partial charge is 0.243 e. The molecule has 85 heavy (non-hydrogen) atoms. The third-order valence-electron chi connectivity index (χ3n) is 14.0. The molecule has 1 heterocycles. The van der Waals surface area contributed by atoms with Gasteiger partial charge in [-0.05, 0) is 101 Å². The largest absolute Gasteiger partial charge is 0.393 e. The van der Waals surface area contributed by atoms with Gasteiger partial charge in [0, 0.05) is 26.1 Å². The molecule has 1 saturated heterocycles. The number of carbonyl (C=O) groups excluding carboxylic acids is 10. The standard InChI is InChI=1S/C57H101N17O11/c1-6-7-8-9-13-17-37(75)33-47(76)67-39(19-24-58)50(79)70-42-23-29-65-49(78)44(30-34(2)3)72-54(83)43(22-28-64-48(77)38(61)18-14-27-66-57(62)63)71-51(80)40(20-25-59)69-55(84)45(31-35(4)5)73-56(85)46(32-36-15-11-10-12-16-36)74-52(81)41(21-26-60)68-53(42)82/h10-12,15-16,34-35,37-46,75H,6-9,13-14,17-33,58-61H2,1-5H3,(H,64,77)(H,65,78)(H,67,76)(H,68,82)(H,69,84)(H,70,79)(H,71,80)(H,72,83)(H,73,85)(H,74,81)(H4,62,63,66)/t37-,38+,39-,40+,41+,42+,43+,44+,45+,46-/m1/s1. The van der Waals surface area contributed by atoms with Gasteiger partial charge < -0.3 is 92.7 Å². The lowest BCUT2D eigenvalue weighted by Gasteiger charge is -2.28. The Morgan fingerprint density at radius 1 is 0.624 bits per heavy atom. The quantitative estimate of drug-likeness (QED) is 0.0197. The van der Waals surface area contributed by atoms with Gasteiger partial charge in [-0.25, -0.2) is 0 Å². The highest BCUT2D eigenvalue weighted by Crippen LogP contribution is 2.13. The van der Waals surface area contributed by atoms with Crippen molar-refractivity contribution in [2.24, 2.45) is 51.2 Å². The van der Waals surface area contributed by atoms with Crippen LogP contribution < -0.4 is 87.6 Å². The molecule has 0 aliphatic carbocycles. The maximum atomic E-state index is 14.5. The zero-order valence-corrected chi connectivity index (χ0v) is 50.5. The number of hydrogen-bond acceptors (Lipinski definition) is 16. The van der Waals surface area contributed by atoms with E-state index in [0.717, 1.165) is 25.7 Å². The van der Waals surface area contributed by atoms with Crippen molar-refractivity contribution >= 4 is 65.0 Å². The van der Waals surface area contributed by atoms with E-state index >= 15 is 0 Å². The molecule has 1 fully saturated rings. The molecule has 480 valence electrons. The number of aliphatic imine (C=N–C) groups is 1. The number of nitrogens with two attached hydrogens (primary N) is 6. The molecule has 10 atom stereocenters. The molecule has 0 spiro atoms. The fourth-order valence-corrected chi connectivity index (χ4v) is 9.35. The molecule has 0 radical (unpaired) electrons. The third kappa shape index (κ3) is 30.1. The Kier molecular flexibility index (Phi) is 35.8. The Morgan fingerprint density at radius 3 is 1.69 bits per heavy atom. The highest BCUT2D eigenvalue weighted by Gasteiger charge is 2.36. The summed E-state index contributed by atoms with van der Waals surface area (Å²) in [6.45, 7) is 8.68. The summed E-state index contributed by atoms with van der Waals surface area (Å²) >= 11 is 0. The first-order valence-corrected chi connectivity index (χ1v) is 30.0. The van der Waals surface area contributed by atoms with E-state index in [0.29, 0.717) is 24.8 Å². The van der Waals surface area contributed by atoms with E-state index in [2.05, 4.69) is 65.1 Å². The van der Waals surface area contributed by atoms with Crippen LogP contribution in [0.15, 0.2) is 35.3 Å². The Hall–Kier alpha value is -7.01. The number of unbranched alkanes of at least 4 members (excludes halogenated alkanes) is 4. The molecule has 28 heteroatoms. The summed E-state index contributed by atoms with van der Waals surface area (Å²) in [5.74, 6) is -8.38. The molecule has 1 aliphatic rings. The summed E-state index contributed by atoms with van der Waals surface area (Å²) in [7, 11) is 0. The van der Waals surface area contributed by atoms with Crippen molar-refractivity contribution in [1.29, 1.82) is 0 Å². The molecule has 1 aromatic carbocycles. The van der Waals surface area contributed by atoms with Crippen LogP contribution in [0.3, 0.4) is 0 Å². The summed E-state index contributed by atoms with van der Waals surface area (Å²) in [6, 6.07) is -3.30. The average Bonchev–Trinajstić information content (AvgIpc) is 3.62. The Morgan fingerprint density at radius 2 is 1.14 bits per heavy atom. The normalized spacial score (nSPS) is 21.8. The molecule has 0 bridgehead atoms. The van der Waals surface area contributed by atoms with Gasteiger partial charge in [0.25, 0.3) is 0 Å². The lowest BCUT2D eigenvalue weighted by Crippen LogP contribution is -2.61. The highest BCUT2D eigenvalue weighted by atomic mass is 16.3. The van der Waals surface area contributed by atoms with E-state index in [-0.39, 0.29) is 121 Å². The number of aliphatic hydroxyl groups is 1. The van der Waals surface area contributed by atoms with Gasteiger partial charge in [-0.1, -0.05) is 97.1 Å². The number of amides is 10. The van der Waals surface area contributed by atoms with E-state index in [1.165, 1.54) is 0 Å². The van der Waals surface area contributed by atoms with E-state index in [4.69, 9.17) is 34.4 Å². The number of rotatable bonds is 31. The van der Waals surface area contributed by atoms with Crippen molar-refractivity contribution in [3.05, 3.63) is 35.9 Å². The summed E-state index contributed by atoms with van der Waals surface area (Å²) in [4.78, 5) is 145. The first-order valence-electron chi connectivity index (χ1n) is 30.0. The molecule has 1 aliphatic heterocycles. The van der Waals surface area contributed by atoms with Gasteiger partial charge in [-0.2, -0.15) is 0 Å². The molecular formula is C57H101N17O11. The third-order valence-corrected chi connectivity index (χ3v) is 14.0. The van der Waals surface area contributed by atoms with Crippen molar-refractivity contribution in [2.75, 3.05) is 39.3 Å². The Balaban J connectivity index is 2.74. The number of nitrogens with zero attached hydrogens (tertiary/aromatic N) is 1. The fraction of sp³-hybridized carbons (Fsp3) is 0.702. The van der Waals surface area contributed by atoms with Gasteiger partial charge in [-0.3, -0.25) is 52.9 Å². The fourth-order valence-electron chi connectivity index (χ4n) is 9.35. The maximum absolute atomic E-state index is 14.5. The minimum Gasteiger partial charge on any atom is -0.393 e. The lowest BCUT2D eigenvalue weighted by atomic mass is 10.00. The Labute approximate surface area is 500 Å². The van der Waals surface area contributed by atoms with Crippen molar-refractivity contribution in [3.63, 3.8) is 0 Å². The molecule has 2 rings (SSSR count). The van der Waals surface area contributed by atoms with Gasteiger partial charge in [0.1, 0.15) is 48.3 Å². The zero-order valence-electron chi connectivity index (χ0n) is 50.5. The second-order valence-corrected chi connectivity index (χ2v) is 22.5. The second-order valence-electron chi connectivity index (χ2n) is 22.5. The van der Waals surface area contributed by atoms with Crippen molar-refractivity contribution in [3.8, 4) is 0 Å². The van der Waals surface area contributed by atoms with Crippen LogP contribution in [0.4, 0.5) is 0 Å². The van der Waals surface area contributed by atoms with E-state index in [1.807, 2.05) is 0 Å². The maximum Gasteiger partial charge on any atom is 0.243 e. The summed E-state index contributed by atoms with van der Waals surface area (Å²) in [5.41, 5.74) is 35.4. The first-order chi connectivity index (χ1) is 40.4. The number of aliphatic hydroxyl groups excluding tert-OH is 1. The highest BCUT2D eigenvalue weighted by molar-refractivity contribution is 5.98. The van der Waals surface area contributed by atoms with Gasteiger partial charge in [0.2, 0.25) is 59.1 Å². The van der Waals surface area contributed by atoms with Gasteiger partial charge >= 0.3 is 0 Å². The van der Waals surface area contributed by atoms with Gasteiger partial charge in [0.05, 0.1) is 18.6 Å². The number of guanidine groups is 1. The van der Waals surface area contributed by atoms with Crippen LogP contribution in [-0.4, -0.2) is 170 Å². The average molecular weight is 1200 g/mol. The van der Waals surface area contributed by atoms with Crippen molar-refractivity contribution < 1.29 is 53.1 Å². The van der Waals surface area contributed by atoms with Crippen LogP contribution in [0.2, 0.25) is 0 Å². The zero-order chi connectivity index (χ0) is 63.4. The minimum absolute atomic E-state index is 0.0525. The number of benzene rings is 1. The monoisotopic (exact) mass is 1200 g/mol. The van der Waals surface area contributed by atoms with E-state index < -0.39 is 120 Å². The summed E-state index contributed by atoms with van der Waals surface area (Å²) < 4.78 is 0. The number of nitrogens with one attached hydrogen (secondary N) is 10. The SMILES string of the molecule is CCCCCCC[C@@H](O)CC(=O)N[C@H](CCN)C(=O)N[C@H]1CCNC(=O)[C@H](CC(C)C)NC(=O)[C@H](CCNC(=O)[C@@H](N)CCCN=C(N)N)NC(=O)[C@H](CCN)NC(=O)[C@H](CC(C)C)NC(=O)[C@@H](Cc2ccccc2)NC(=O)[C@H](CCN)NC1=O. The molecule has 10 amide bonds. The topological polar surface area (TPSA) is 480 Å². The molecule has 0 unspecified atom stereocenters. The summed E-state index contributed by atoms with van der Waals surface area (Å²) in [6.07, 6.45) is 3.47. The number of carbonyl (C=O) groups is 10. The van der Waals surface area contributed by atoms with E-state index in [1.54, 1.807) is 58.0 Å². The van der Waals surface area contributed by atoms with E-state index in [9.17, 15) is 53.1 Å². The van der Waals surface area contributed by atoms with Crippen LogP contribution in [0.25, 0.3) is 0 Å². The van der Waals surface area contributed by atoms with Crippen LogP contribution in [0.1, 0.15) is 143 Å². The molecule has 0 aromatic heterocycles. The Bertz CT molecular complexity index is 2290. The number of hydrogen-bond donors (Lipinski definition) is 17. The van der Waals surface area contributed by atoms with Crippen LogP contribution >= 0.6 is 0 Å². The van der Waals surface area contributed by atoms with Crippen molar-refractivity contribution in [1.82, 2.24) is 53.2 Å². The molecule has 23 N–H and O–H groups in total. The van der Waals surface area contributed by atoms with Crippen LogP contribution in [0, 0.1) is 11.8 Å². The van der Waals surface area contributed by atoms with Gasteiger partial charge in [-0.15, -0.1) is 0 Å². The molecule has 1 aromatic rings. The summed E-state index contributed by atoms with van der Waals surface area (Å²) in [5, 5.41) is 37.5. The predicted octanol–water partition coefficient (Wildman–Crippen LogP) is -3.24.